The van der Waals surface area contributed by atoms with Gasteiger partial charge in [0, 0.05) is 51.5 Å². The van der Waals surface area contributed by atoms with Gasteiger partial charge in [-0.2, -0.15) is 13.2 Å². The van der Waals surface area contributed by atoms with Gasteiger partial charge in [-0.15, -0.1) is 0 Å². The van der Waals surface area contributed by atoms with Crippen LogP contribution >= 0.6 is 0 Å². The first-order valence-corrected chi connectivity index (χ1v) is 14.7. The molecule has 11 heteroatoms. The highest BCUT2D eigenvalue weighted by Gasteiger charge is 2.47. The van der Waals surface area contributed by atoms with Crippen molar-refractivity contribution in [3.8, 4) is 11.5 Å². The SMILES string of the molecule is O=C(NCc1ccc2c(c1)OCO2)C1CCC(CN2CC3(CCN(Cc4ccc(C(F)(F)F)cc4)CC3)OC2=O)CC1. The molecule has 3 aliphatic heterocycles. The van der Waals surface area contributed by atoms with Gasteiger partial charge in [-0.3, -0.25) is 9.69 Å². The molecule has 1 spiro atoms. The smallest absolute Gasteiger partial charge is 0.416 e. The lowest BCUT2D eigenvalue weighted by molar-refractivity contribution is -0.137. The molecule has 2 aromatic rings. The molecule has 1 aliphatic carbocycles. The third kappa shape index (κ3) is 6.45. The fraction of sp³-hybridized carbons (Fsp3) is 0.548. The van der Waals surface area contributed by atoms with Gasteiger partial charge in [0.25, 0.3) is 0 Å². The quantitative estimate of drug-likeness (QED) is 0.471. The van der Waals surface area contributed by atoms with E-state index in [1.54, 1.807) is 0 Å². The van der Waals surface area contributed by atoms with Crippen LogP contribution in [0.2, 0.25) is 0 Å². The summed E-state index contributed by atoms with van der Waals surface area (Å²) >= 11 is 0. The number of piperidine rings is 1. The summed E-state index contributed by atoms with van der Waals surface area (Å²) in [6, 6.07) is 11.0. The fourth-order valence-corrected chi connectivity index (χ4v) is 6.57. The minimum atomic E-state index is -4.34. The normalized spacial score (nSPS) is 23.7. The second kappa shape index (κ2) is 11.7. The van der Waals surface area contributed by atoms with Crippen LogP contribution in [0.25, 0.3) is 0 Å². The van der Waals surface area contributed by atoms with E-state index in [0.29, 0.717) is 63.8 Å². The number of fused-ring (bicyclic) bond motifs is 1. The zero-order chi connectivity index (χ0) is 29.3. The molecule has 226 valence electrons. The first-order chi connectivity index (χ1) is 20.2. The number of alkyl halides is 3. The predicted molar refractivity (Wildman–Crippen MR) is 147 cm³/mol. The average molecular weight is 588 g/mol. The van der Waals surface area contributed by atoms with Crippen molar-refractivity contribution in [2.24, 2.45) is 11.8 Å². The molecule has 8 nitrogen and oxygen atoms in total. The zero-order valence-electron chi connectivity index (χ0n) is 23.5. The summed E-state index contributed by atoms with van der Waals surface area (Å²) < 4.78 is 55.2. The number of hydrogen-bond donors (Lipinski definition) is 1. The number of hydrogen-bond acceptors (Lipinski definition) is 6. The molecule has 4 aliphatic rings. The Labute approximate surface area is 243 Å². The van der Waals surface area contributed by atoms with E-state index in [-0.39, 0.29) is 24.7 Å². The maximum atomic E-state index is 12.8. The van der Waals surface area contributed by atoms with E-state index in [1.807, 2.05) is 23.1 Å². The van der Waals surface area contributed by atoms with Gasteiger partial charge in [-0.25, -0.2) is 4.79 Å². The van der Waals surface area contributed by atoms with Crippen molar-refractivity contribution in [1.82, 2.24) is 15.1 Å². The monoisotopic (exact) mass is 587 g/mol. The van der Waals surface area contributed by atoms with E-state index in [9.17, 15) is 22.8 Å². The number of likely N-dealkylation sites (tertiary alicyclic amines) is 1. The number of benzene rings is 2. The standard InChI is InChI=1S/C31H36F3N3O5/c32-31(33,34)25-8-3-21(4-9-25)17-36-13-11-30(12-14-36)19-37(29(39)42-30)18-22-1-6-24(7-2-22)28(38)35-16-23-5-10-26-27(15-23)41-20-40-26/h3-5,8-10,15,22,24H,1-2,6-7,11-14,16-20H2,(H,35,38). The van der Waals surface area contributed by atoms with Gasteiger partial charge in [-0.05, 0) is 67.0 Å². The number of carbonyl (C=O) groups excluding carboxylic acids is 2. The minimum absolute atomic E-state index is 0.0267. The fourth-order valence-electron chi connectivity index (χ4n) is 6.57. The summed E-state index contributed by atoms with van der Waals surface area (Å²) in [4.78, 5) is 29.6. The summed E-state index contributed by atoms with van der Waals surface area (Å²) in [5.41, 5.74) is 0.657. The largest absolute Gasteiger partial charge is 0.454 e. The van der Waals surface area contributed by atoms with Crippen LogP contribution in [0.5, 0.6) is 11.5 Å². The molecule has 1 saturated carbocycles. The van der Waals surface area contributed by atoms with Crippen molar-refractivity contribution in [3.63, 3.8) is 0 Å². The molecule has 2 amide bonds. The Morgan fingerprint density at radius 3 is 2.36 bits per heavy atom. The highest BCUT2D eigenvalue weighted by Crippen LogP contribution is 2.37. The van der Waals surface area contributed by atoms with Gasteiger partial charge in [0.15, 0.2) is 11.5 Å². The van der Waals surface area contributed by atoms with Crippen molar-refractivity contribution < 1.29 is 37.0 Å². The lowest BCUT2D eigenvalue weighted by atomic mass is 9.81. The van der Waals surface area contributed by atoms with E-state index in [0.717, 1.165) is 54.7 Å². The molecule has 2 saturated heterocycles. The van der Waals surface area contributed by atoms with Crippen LogP contribution in [-0.2, 0) is 28.8 Å². The highest BCUT2D eigenvalue weighted by atomic mass is 19.4. The van der Waals surface area contributed by atoms with Gasteiger partial charge in [0.2, 0.25) is 12.7 Å². The third-order valence-corrected chi connectivity index (χ3v) is 9.10. The Bertz CT molecular complexity index is 1290. The Morgan fingerprint density at radius 2 is 1.64 bits per heavy atom. The number of ether oxygens (including phenoxy) is 3. The maximum absolute atomic E-state index is 12.8. The summed E-state index contributed by atoms with van der Waals surface area (Å²) in [6.07, 6.45) is 0.167. The number of amides is 2. The molecule has 0 unspecified atom stereocenters. The van der Waals surface area contributed by atoms with E-state index in [4.69, 9.17) is 14.2 Å². The van der Waals surface area contributed by atoms with Crippen molar-refractivity contribution in [1.29, 1.82) is 0 Å². The summed E-state index contributed by atoms with van der Waals surface area (Å²) in [5, 5.41) is 3.05. The second-order valence-electron chi connectivity index (χ2n) is 12.0. The lowest BCUT2D eigenvalue weighted by Gasteiger charge is -2.37. The average Bonchev–Trinajstić information content (AvgIpc) is 3.57. The van der Waals surface area contributed by atoms with Crippen molar-refractivity contribution in [3.05, 3.63) is 59.2 Å². The molecule has 0 atom stereocenters. The number of nitrogens with one attached hydrogen (secondary N) is 1. The van der Waals surface area contributed by atoms with Gasteiger partial charge in [0.05, 0.1) is 12.1 Å². The summed E-state index contributed by atoms with van der Waals surface area (Å²) in [7, 11) is 0. The van der Waals surface area contributed by atoms with Crippen molar-refractivity contribution in [2.45, 2.75) is 63.4 Å². The Morgan fingerprint density at radius 1 is 0.952 bits per heavy atom. The molecule has 6 rings (SSSR count). The molecule has 2 aromatic carbocycles. The minimum Gasteiger partial charge on any atom is -0.454 e. The molecular formula is C31H36F3N3O5. The molecule has 0 radical (unpaired) electrons. The van der Waals surface area contributed by atoms with E-state index < -0.39 is 17.3 Å². The number of nitrogens with zero attached hydrogens (tertiary/aromatic N) is 2. The van der Waals surface area contributed by atoms with Crippen LogP contribution in [0, 0.1) is 11.8 Å². The van der Waals surface area contributed by atoms with Gasteiger partial charge in [0.1, 0.15) is 5.60 Å². The van der Waals surface area contributed by atoms with Crippen molar-refractivity contribution in [2.75, 3.05) is 33.0 Å². The molecule has 42 heavy (non-hydrogen) atoms. The Balaban J connectivity index is 0.921. The summed E-state index contributed by atoms with van der Waals surface area (Å²) in [6.45, 7) is 3.87. The number of halogens is 3. The van der Waals surface area contributed by atoms with Crippen LogP contribution in [-0.4, -0.2) is 60.4 Å². The molecule has 3 heterocycles. The zero-order valence-corrected chi connectivity index (χ0v) is 23.5. The highest BCUT2D eigenvalue weighted by molar-refractivity contribution is 5.78. The maximum Gasteiger partial charge on any atom is 0.416 e. The second-order valence-corrected chi connectivity index (χ2v) is 12.0. The first kappa shape index (κ1) is 28.6. The molecular weight excluding hydrogens is 551 g/mol. The topological polar surface area (TPSA) is 80.3 Å². The van der Waals surface area contributed by atoms with Crippen LogP contribution in [0.15, 0.2) is 42.5 Å². The van der Waals surface area contributed by atoms with E-state index >= 15 is 0 Å². The molecule has 0 aromatic heterocycles. The lowest BCUT2D eigenvalue weighted by Crippen LogP contribution is -2.46. The summed E-state index contributed by atoms with van der Waals surface area (Å²) in [5.74, 6) is 1.80. The molecule has 1 N–H and O–H groups in total. The van der Waals surface area contributed by atoms with Crippen molar-refractivity contribution >= 4 is 12.0 Å². The van der Waals surface area contributed by atoms with Crippen LogP contribution in [0.4, 0.5) is 18.0 Å². The van der Waals surface area contributed by atoms with Crippen LogP contribution in [0.3, 0.4) is 0 Å². The Kier molecular flexibility index (Phi) is 7.95. The van der Waals surface area contributed by atoms with E-state index in [1.165, 1.54) is 12.1 Å². The predicted octanol–water partition coefficient (Wildman–Crippen LogP) is 5.34. The number of carbonyl (C=O) groups is 2. The number of rotatable bonds is 7. The molecule has 3 fully saturated rings. The van der Waals surface area contributed by atoms with Gasteiger partial charge >= 0.3 is 12.3 Å². The first-order valence-electron chi connectivity index (χ1n) is 14.7. The van der Waals surface area contributed by atoms with E-state index in [2.05, 4.69) is 10.2 Å². The van der Waals surface area contributed by atoms with Crippen LogP contribution < -0.4 is 14.8 Å². The van der Waals surface area contributed by atoms with Gasteiger partial charge < -0.3 is 24.4 Å². The third-order valence-electron chi connectivity index (χ3n) is 9.10. The Hall–Kier alpha value is -3.47. The van der Waals surface area contributed by atoms with Crippen LogP contribution in [0.1, 0.15) is 55.2 Å². The van der Waals surface area contributed by atoms with Gasteiger partial charge in [-0.1, -0.05) is 18.2 Å². The molecule has 0 bridgehead atoms.